The van der Waals surface area contributed by atoms with Gasteiger partial charge in [-0.3, -0.25) is 4.90 Å². The van der Waals surface area contributed by atoms with Crippen LogP contribution in [0.4, 0.5) is 0 Å². The van der Waals surface area contributed by atoms with Gasteiger partial charge in [-0.15, -0.1) is 0 Å². The molecule has 2 heteroatoms. The molecule has 2 atom stereocenters. The van der Waals surface area contributed by atoms with Crippen molar-refractivity contribution in [2.75, 3.05) is 6.54 Å². The number of hydrogen-bond donors (Lipinski definition) is 1. The van der Waals surface area contributed by atoms with Crippen molar-refractivity contribution in [3.05, 3.63) is 35.9 Å². The normalized spacial score (nSPS) is 23.2. The summed E-state index contributed by atoms with van der Waals surface area (Å²) in [7, 11) is 0. The molecule has 94 valence electrons. The Morgan fingerprint density at radius 1 is 1.29 bits per heavy atom. The van der Waals surface area contributed by atoms with Crippen LogP contribution >= 0.6 is 0 Å². The van der Waals surface area contributed by atoms with Crippen molar-refractivity contribution in [2.45, 2.75) is 45.3 Å². The van der Waals surface area contributed by atoms with Crippen LogP contribution in [-0.4, -0.2) is 23.5 Å². The SMILES string of the molecule is CC(C)C(N)C1CCCN1Cc1ccccc1. The van der Waals surface area contributed by atoms with Crippen LogP contribution in [0.2, 0.25) is 0 Å². The van der Waals surface area contributed by atoms with E-state index in [2.05, 4.69) is 49.1 Å². The molecular formula is C15H24N2. The van der Waals surface area contributed by atoms with Crippen molar-refractivity contribution >= 4 is 0 Å². The van der Waals surface area contributed by atoms with Gasteiger partial charge in [0.25, 0.3) is 0 Å². The Hall–Kier alpha value is -0.860. The molecule has 2 N–H and O–H groups in total. The van der Waals surface area contributed by atoms with E-state index in [-0.39, 0.29) is 0 Å². The van der Waals surface area contributed by atoms with Crippen molar-refractivity contribution in [3.8, 4) is 0 Å². The largest absolute Gasteiger partial charge is 0.326 e. The Morgan fingerprint density at radius 2 is 2.00 bits per heavy atom. The number of rotatable bonds is 4. The molecule has 0 spiro atoms. The number of hydrogen-bond acceptors (Lipinski definition) is 2. The molecule has 1 aromatic carbocycles. The lowest BCUT2D eigenvalue weighted by molar-refractivity contribution is 0.193. The van der Waals surface area contributed by atoms with Crippen LogP contribution < -0.4 is 5.73 Å². The van der Waals surface area contributed by atoms with Gasteiger partial charge in [0.1, 0.15) is 0 Å². The molecule has 2 unspecified atom stereocenters. The maximum atomic E-state index is 6.32. The third-order valence-electron chi connectivity index (χ3n) is 3.86. The summed E-state index contributed by atoms with van der Waals surface area (Å²) in [5.74, 6) is 0.566. The molecule has 2 rings (SSSR count). The first-order chi connectivity index (χ1) is 8.18. The minimum atomic E-state index is 0.307. The minimum Gasteiger partial charge on any atom is -0.326 e. The lowest BCUT2D eigenvalue weighted by atomic mass is 9.95. The molecule has 2 nitrogen and oxygen atoms in total. The van der Waals surface area contributed by atoms with E-state index in [1.54, 1.807) is 0 Å². The number of likely N-dealkylation sites (tertiary alicyclic amines) is 1. The number of nitrogens with two attached hydrogens (primary N) is 1. The van der Waals surface area contributed by atoms with Crippen LogP contribution in [0.3, 0.4) is 0 Å². The summed E-state index contributed by atoms with van der Waals surface area (Å²) in [6.45, 7) is 6.69. The van der Waals surface area contributed by atoms with Crippen molar-refractivity contribution in [2.24, 2.45) is 11.7 Å². The molecule has 1 aliphatic rings. The minimum absolute atomic E-state index is 0.307. The second-order valence-corrected chi connectivity index (χ2v) is 5.49. The van der Waals surface area contributed by atoms with Gasteiger partial charge in [-0.1, -0.05) is 44.2 Å². The quantitative estimate of drug-likeness (QED) is 0.864. The van der Waals surface area contributed by atoms with E-state index in [4.69, 9.17) is 5.73 Å². The first kappa shape index (κ1) is 12.6. The van der Waals surface area contributed by atoms with Gasteiger partial charge < -0.3 is 5.73 Å². The lowest BCUT2D eigenvalue weighted by Gasteiger charge is -2.31. The molecule has 1 saturated heterocycles. The van der Waals surface area contributed by atoms with Gasteiger partial charge in [0, 0.05) is 18.6 Å². The molecule has 1 heterocycles. The van der Waals surface area contributed by atoms with Gasteiger partial charge >= 0.3 is 0 Å². The van der Waals surface area contributed by atoms with Crippen LogP contribution in [0.15, 0.2) is 30.3 Å². The van der Waals surface area contributed by atoms with Gasteiger partial charge in [-0.25, -0.2) is 0 Å². The Balaban J connectivity index is 2.00. The summed E-state index contributed by atoms with van der Waals surface area (Å²) in [5, 5.41) is 0. The maximum absolute atomic E-state index is 6.32. The van der Waals surface area contributed by atoms with E-state index in [1.807, 2.05) is 0 Å². The molecule has 0 amide bonds. The maximum Gasteiger partial charge on any atom is 0.0253 e. The molecule has 0 saturated carbocycles. The molecule has 0 aromatic heterocycles. The Labute approximate surface area is 105 Å². The lowest BCUT2D eigenvalue weighted by Crippen LogP contribution is -2.46. The molecule has 17 heavy (non-hydrogen) atoms. The summed E-state index contributed by atoms with van der Waals surface area (Å²) in [5.41, 5.74) is 7.72. The van der Waals surface area contributed by atoms with E-state index in [0.717, 1.165) is 6.54 Å². The Morgan fingerprint density at radius 3 is 2.65 bits per heavy atom. The van der Waals surface area contributed by atoms with Crippen LogP contribution in [0.5, 0.6) is 0 Å². The van der Waals surface area contributed by atoms with Gasteiger partial charge in [-0.2, -0.15) is 0 Å². The van der Waals surface area contributed by atoms with Crippen LogP contribution in [-0.2, 0) is 6.54 Å². The topological polar surface area (TPSA) is 29.3 Å². The summed E-state index contributed by atoms with van der Waals surface area (Å²) in [6.07, 6.45) is 2.55. The Kier molecular flexibility index (Phi) is 4.19. The highest BCUT2D eigenvalue weighted by atomic mass is 15.2. The molecule has 0 bridgehead atoms. The van der Waals surface area contributed by atoms with E-state index in [9.17, 15) is 0 Å². The predicted molar refractivity (Wildman–Crippen MR) is 72.7 cm³/mol. The Bertz CT molecular complexity index is 334. The highest BCUT2D eigenvalue weighted by molar-refractivity contribution is 5.15. The van der Waals surface area contributed by atoms with E-state index in [1.165, 1.54) is 24.9 Å². The van der Waals surface area contributed by atoms with Crippen molar-refractivity contribution in [1.29, 1.82) is 0 Å². The van der Waals surface area contributed by atoms with Crippen molar-refractivity contribution in [3.63, 3.8) is 0 Å². The van der Waals surface area contributed by atoms with Crippen LogP contribution in [0.1, 0.15) is 32.3 Å². The highest BCUT2D eigenvalue weighted by Crippen LogP contribution is 2.24. The van der Waals surface area contributed by atoms with Crippen LogP contribution in [0, 0.1) is 5.92 Å². The monoisotopic (exact) mass is 232 g/mol. The van der Waals surface area contributed by atoms with Crippen molar-refractivity contribution in [1.82, 2.24) is 4.90 Å². The van der Waals surface area contributed by atoms with Gasteiger partial charge in [0.15, 0.2) is 0 Å². The average Bonchev–Trinajstić information content (AvgIpc) is 2.77. The van der Waals surface area contributed by atoms with E-state index >= 15 is 0 Å². The standard InChI is InChI=1S/C15H24N2/c1-12(2)15(16)14-9-6-10-17(14)11-13-7-4-3-5-8-13/h3-5,7-8,12,14-15H,6,9-11,16H2,1-2H3. The zero-order valence-electron chi connectivity index (χ0n) is 11.0. The first-order valence-electron chi connectivity index (χ1n) is 6.72. The van der Waals surface area contributed by atoms with Crippen molar-refractivity contribution < 1.29 is 0 Å². The molecule has 0 radical (unpaired) electrons. The fraction of sp³-hybridized carbons (Fsp3) is 0.600. The fourth-order valence-corrected chi connectivity index (χ4v) is 2.75. The third kappa shape index (κ3) is 3.08. The predicted octanol–water partition coefficient (Wildman–Crippen LogP) is 2.63. The second kappa shape index (κ2) is 5.65. The molecule has 1 aromatic rings. The van der Waals surface area contributed by atoms with E-state index < -0.39 is 0 Å². The number of benzene rings is 1. The fourth-order valence-electron chi connectivity index (χ4n) is 2.75. The van der Waals surface area contributed by atoms with Gasteiger partial charge in [0.05, 0.1) is 0 Å². The second-order valence-electron chi connectivity index (χ2n) is 5.49. The first-order valence-corrected chi connectivity index (χ1v) is 6.72. The molecular weight excluding hydrogens is 208 g/mol. The summed E-state index contributed by atoms with van der Waals surface area (Å²) in [6, 6.07) is 11.6. The molecule has 1 fully saturated rings. The van der Waals surface area contributed by atoms with Gasteiger partial charge in [-0.05, 0) is 30.9 Å². The molecule has 0 aliphatic carbocycles. The molecule has 1 aliphatic heterocycles. The summed E-state index contributed by atoms with van der Waals surface area (Å²) < 4.78 is 0. The highest BCUT2D eigenvalue weighted by Gasteiger charge is 2.30. The zero-order valence-corrected chi connectivity index (χ0v) is 11.0. The third-order valence-corrected chi connectivity index (χ3v) is 3.86. The number of nitrogens with zero attached hydrogens (tertiary/aromatic N) is 1. The summed E-state index contributed by atoms with van der Waals surface area (Å²) in [4.78, 5) is 2.56. The zero-order chi connectivity index (χ0) is 12.3. The van der Waals surface area contributed by atoms with Crippen LogP contribution in [0.25, 0.3) is 0 Å². The van der Waals surface area contributed by atoms with Gasteiger partial charge in [0.2, 0.25) is 0 Å². The smallest absolute Gasteiger partial charge is 0.0253 e. The van der Waals surface area contributed by atoms with E-state index in [0.29, 0.717) is 18.0 Å². The summed E-state index contributed by atoms with van der Waals surface area (Å²) >= 11 is 0. The average molecular weight is 232 g/mol.